The van der Waals surface area contributed by atoms with E-state index in [0.29, 0.717) is 42.6 Å². The molecule has 3 rings (SSSR count). The fourth-order valence-corrected chi connectivity index (χ4v) is 3.33. The van der Waals surface area contributed by atoms with Crippen LogP contribution in [0.4, 0.5) is 5.95 Å². The SMILES string of the molecule is CCOc1ccc(C(=O)N[C@@H](C(=O)Nc2nc3ccccc3[nH]2)[C@@H](C)CC)cc1OCC. The normalized spacial score (nSPS) is 12.8. The Bertz CT molecular complexity index is 1050. The van der Waals surface area contributed by atoms with E-state index in [4.69, 9.17) is 9.47 Å². The molecule has 0 radical (unpaired) electrons. The number of H-pyrrole nitrogens is 1. The monoisotopic (exact) mass is 438 g/mol. The lowest BCUT2D eigenvalue weighted by molar-refractivity contribution is -0.119. The van der Waals surface area contributed by atoms with Gasteiger partial charge in [0.15, 0.2) is 11.5 Å². The highest BCUT2D eigenvalue weighted by molar-refractivity contribution is 6.01. The number of hydrogen-bond donors (Lipinski definition) is 3. The molecule has 8 heteroatoms. The van der Waals surface area contributed by atoms with Gasteiger partial charge in [0.1, 0.15) is 6.04 Å². The van der Waals surface area contributed by atoms with Crippen molar-refractivity contribution < 1.29 is 19.1 Å². The number of anilines is 1. The smallest absolute Gasteiger partial charge is 0.252 e. The molecule has 0 aliphatic rings. The van der Waals surface area contributed by atoms with Gasteiger partial charge < -0.3 is 19.8 Å². The quantitative estimate of drug-likeness (QED) is 0.441. The Balaban J connectivity index is 1.77. The summed E-state index contributed by atoms with van der Waals surface area (Å²) in [5.74, 6) is 0.637. The van der Waals surface area contributed by atoms with Crippen molar-refractivity contribution in [3.8, 4) is 11.5 Å². The molecule has 1 aromatic heterocycles. The number of carbonyl (C=O) groups is 2. The van der Waals surface area contributed by atoms with Gasteiger partial charge in [-0.25, -0.2) is 4.98 Å². The molecule has 8 nitrogen and oxygen atoms in total. The van der Waals surface area contributed by atoms with E-state index in [-0.39, 0.29) is 17.7 Å². The van der Waals surface area contributed by atoms with E-state index < -0.39 is 6.04 Å². The predicted molar refractivity (Wildman–Crippen MR) is 124 cm³/mol. The number of benzene rings is 2. The molecule has 32 heavy (non-hydrogen) atoms. The summed E-state index contributed by atoms with van der Waals surface area (Å²) in [7, 11) is 0. The molecular formula is C24H30N4O4. The fourth-order valence-electron chi connectivity index (χ4n) is 3.33. The third kappa shape index (κ3) is 5.38. The highest BCUT2D eigenvalue weighted by Gasteiger charge is 2.27. The second-order valence-corrected chi connectivity index (χ2v) is 7.46. The minimum absolute atomic E-state index is 0.0858. The van der Waals surface area contributed by atoms with Gasteiger partial charge in [-0.1, -0.05) is 32.4 Å². The maximum atomic E-state index is 13.0. The molecule has 2 atom stereocenters. The summed E-state index contributed by atoms with van der Waals surface area (Å²) in [6.07, 6.45) is 0.714. The molecule has 0 saturated carbocycles. The lowest BCUT2D eigenvalue weighted by Gasteiger charge is -2.23. The number of aromatic nitrogens is 2. The zero-order valence-corrected chi connectivity index (χ0v) is 18.9. The lowest BCUT2D eigenvalue weighted by Crippen LogP contribution is -2.47. The molecule has 0 saturated heterocycles. The first-order valence-corrected chi connectivity index (χ1v) is 10.9. The molecule has 1 heterocycles. The second-order valence-electron chi connectivity index (χ2n) is 7.46. The van der Waals surface area contributed by atoms with Crippen molar-refractivity contribution >= 4 is 28.8 Å². The maximum absolute atomic E-state index is 13.0. The summed E-state index contributed by atoms with van der Waals surface area (Å²) in [5.41, 5.74) is 1.97. The minimum Gasteiger partial charge on any atom is -0.490 e. The zero-order chi connectivity index (χ0) is 23.1. The van der Waals surface area contributed by atoms with Crippen LogP contribution in [0.3, 0.4) is 0 Å². The van der Waals surface area contributed by atoms with E-state index >= 15 is 0 Å². The van der Waals surface area contributed by atoms with Crippen LogP contribution >= 0.6 is 0 Å². The van der Waals surface area contributed by atoms with Gasteiger partial charge in [0.2, 0.25) is 11.9 Å². The molecule has 2 amide bonds. The summed E-state index contributed by atoms with van der Waals surface area (Å²) in [4.78, 5) is 33.5. The molecule has 3 aromatic rings. The van der Waals surface area contributed by atoms with Gasteiger partial charge in [-0.2, -0.15) is 0 Å². The van der Waals surface area contributed by atoms with Gasteiger partial charge >= 0.3 is 0 Å². The lowest BCUT2D eigenvalue weighted by atomic mass is 9.98. The number of aromatic amines is 1. The molecule has 0 fully saturated rings. The Morgan fingerprint density at radius 2 is 1.75 bits per heavy atom. The number of nitrogens with one attached hydrogen (secondary N) is 3. The Kier molecular flexibility index (Phi) is 7.70. The zero-order valence-electron chi connectivity index (χ0n) is 18.9. The minimum atomic E-state index is -0.733. The van der Waals surface area contributed by atoms with Crippen molar-refractivity contribution in [2.75, 3.05) is 18.5 Å². The van der Waals surface area contributed by atoms with Gasteiger partial charge in [-0.15, -0.1) is 0 Å². The topological polar surface area (TPSA) is 105 Å². The summed E-state index contributed by atoms with van der Waals surface area (Å²) >= 11 is 0. The number of fused-ring (bicyclic) bond motifs is 1. The first-order valence-electron chi connectivity index (χ1n) is 10.9. The third-order valence-corrected chi connectivity index (χ3v) is 5.22. The Labute approximate surface area is 187 Å². The van der Waals surface area contributed by atoms with E-state index in [2.05, 4.69) is 20.6 Å². The van der Waals surface area contributed by atoms with Crippen molar-refractivity contribution in [3.63, 3.8) is 0 Å². The molecule has 2 aromatic carbocycles. The van der Waals surface area contributed by atoms with Gasteiger partial charge in [0, 0.05) is 5.56 Å². The first kappa shape index (κ1) is 23.1. The average Bonchev–Trinajstić information content (AvgIpc) is 3.20. The van der Waals surface area contributed by atoms with Crippen molar-refractivity contribution in [3.05, 3.63) is 48.0 Å². The van der Waals surface area contributed by atoms with Crippen LogP contribution in [0.5, 0.6) is 11.5 Å². The maximum Gasteiger partial charge on any atom is 0.252 e. The van der Waals surface area contributed by atoms with Crippen molar-refractivity contribution in [2.24, 2.45) is 5.92 Å². The molecule has 170 valence electrons. The summed E-state index contributed by atoms with van der Waals surface area (Å²) in [6.45, 7) is 8.58. The van der Waals surface area contributed by atoms with E-state index in [0.717, 1.165) is 11.0 Å². The number of amides is 2. The van der Waals surface area contributed by atoms with Crippen LogP contribution in [-0.4, -0.2) is 41.0 Å². The number of hydrogen-bond acceptors (Lipinski definition) is 5. The summed E-state index contributed by atoms with van der Waals surface area (Å²) in [5, 5.41) is 5.67. The van der Waals surface area contributed by atoms with Crippen LogP contribution in [0.25, 0.3) is 11.0 Å². The number of carbonyl (C=O) groups excluding carboxylic acids is 2. The summed E-state index contributed by atoms with van der Waals surface area (Å²) in [6, 6.07) is 11.8. The summed E-state index contributed by atoms with van der Waals surface area (Å²) < 4.78 is 11.2. The van der Waals surface area contributed by atoms with E-state index in [1.165, 1.54) is 0 Å². The number of nitrogens with zero attached hydrogens (tertiary/aromatic N) is 1. The Morgan fingerprint density at radius 3 is 2.44 bits per heavy atom. The van der Waals surface area contributed by atoms with E-state index in [1.807, 2.05) is 52.0 Å². The number of rotatable bonds is 10. The second kappa shape index (κ2) is 10.7. The molecule has 0 spiro atoms. The van der Waals surface area contributed by atoms with Crippen molar-refractivity contribution in [2.45, 2.75) is 40.2 Å². The van der Waals surface area contributed by atoms with Crippen LogP contribution in [0.15, 0.2) is 42.5 Å². The highest BCUT2D eigenvalue weighted by Crippen LogP contribution is 2.28. The molecular weight excluding hydrogens is 408 g/mol. The molecule has 0 bridgehead atoms. The highest BCUT2D eigenvalue weighted by atomic mass is 16.5. The molecule has 3 N–H and O–H groups in total. The van der Waals surface area contributed by atoms with Gasteiger partial charge in [0.05, 0.1) is 24.2 Å². The first-order chi connectivity index (χ1) is 15.5. The van der Waals surface area contributed by atoms with E-state index in [9.17, 15) is 9.59 Å². The third-order valence-electron chi connectivity index (χ3n) is 5.22. The predicted octanol–water partition coefficient (Wildman–Crippen LogP) is 4.14. The molecule has 0 aliphatic heterocycles. The average molecular weight is 439 g/mol. The number of imidazole rings is 1. The van der Waals surface area contributed by atoms with Gasteiger partial charge in [-0.05, 0) is 50.1 Å². The van der Waals surface area contributed by atoms with Gasteiger partial charge in [0.25, 0.3) is 5.91 Å². The molecule has 0 unspecified atom stereocenters. The van der Waals surface area contributed by atoms with Crippen LogP contribution < -0.4 is 20.1 Å². The van der Waals surface area contributed by atoms with Crippen LogP contribution in [0, 0.1) is 5.92 Å². The van der Waals surface area contributed by atoms with Crippen molar-refractivity contribution in [1.82, 2.24) is 15.3 Å². The Morgan fingerprint density at radius 1 is 1.03 bits per heavy atom. The standard InChI is InChI=1S/C24H30N4O4/c1-5-15(4)21(23(30)28-24-25-17-10-8-9-11-18(17)26-24)27-22(29)16-12-13-19(31-6-2)20(14-16)32-7-3/h8-15,21H,5-7H2,1-4H3,(H,27,29)(H2,25,26,28,30)/t15-,21+/m0/s1. The number of ether oxygens (including phenoxy) is 2. The Hall–Kier alpha value is -3.55. The van der Waals surface area contributed by atoms with Crippen molar-refractivity contribution in [1.29, 1.82) is 0 Å². The van der Waals surface area contributed by atoms with Crippen LogP contribution in [0.2, 0.25) is 0 Å². The van der Waals surface area contributed by atoms with Crippen LogP contribution in [0.1, 0.15) is 44.5 Å². The number of para-hydroxylation sites is 2. The van der Waals surface area contributed by atoms with Crippen LogP contribution in [-0.2, 0) is 4.79 Å². The fraction of sp³-hybridized carbons (Fsp3) is 0.375. The largest absolute Gasteiger partial charge is 0.490 e. The van der Waals surface area contributed by atoms with E-state index in [1.54, 1.807) is 18.2 Å². The molecule has 0 aliphatic carbocycles. The van der Waals surface area contributed by atoms with Gasteiger partial charge in [-0.3, -0.25) is 14.9 Å².